The number of ether oxygens (including phenoxy) is 1. The molecule has 0 saturated carbocycles. The highest BCUT2D eigenvalue weighted by Crippen LogP contribution is 2.12. The maximum absolute atomic E-state index is 11.9. The Morgan fingerprint density at radius 2 is 2.24 bits per heavy atom. The highest BCUT2D eigenvalue weighted by molar-refractivity contribution is 7.91. The average molecular weight is 261 g/mol. The van der Waals surface area contributed by atoms with E-state index >= 15 is 0 Å². The second-order valence-electron chi connectivity index (χ2n) is 3.70. The van der Waals surface area contributed by atoms with Gasteiger partial charge in [0.25, 0.3) is 0 Å². The third kappa shape index (κ3) is 3.52. The minimum atomic E-state index is -3.44. The molecule has 1 aromatic rings. The van der Waals surface area contributed by atoms with Gasteiger partial charge in [0.2, 0.25) is 0 Å². The van der Waals surface area contributed by atoms with Gasteiger partial charge in [-0.2, -0.15) is 5.10 Å². The fraction of sp³-hybridized carbons (Fsp3) is 0.667. The molecule has 7 nitrogen and oxygen atoms in total. The normalized spacial score (nSPS) is 13.4. The molecule has 0 aromatic carbocycles. The second-order valence-corrected chi connectivity index (χ2v) is 6.12. The molecule has 0 aliphatic carbocycles. The van der Waals surface area contributed by atoms with Gasteiger partial charge in [-0.25, -0.2) is 13.4 Å². The van der Waals surface area contributed by atoms with Crippen molar-refractivity contribution >= 4 is 15.8 Å². The van der Waals surface area contributed by atoms with Crippen molar-refractivity contribution in [2.24, 2.45) is 7.05 Å². The van der Waals surface area contributed by atoms with E-state index in [0.29, 0.717) is 5.82 Å². The number of aryl methyl sites for hydroxylation is 1. The summed E-state index contributed by atoms with van der Waals surface area (Å²) in [6.45, 7) is 1.47. The smallest absolute Gasteiger partial charge is 0.306 e. The van der Waals surface area contributed by atoms with Crippen molar-refractivity contribution in [1.82, 2.24) is 14.8 Å². The van der Waals surface area contributed by atoms with Crippen LogP contribution in [0.1, 0.15) is 19.2 Å². The number of carbonyl (C=O) groups excluding carboxylic acids is 1. The van der Waals surface area contributed by atoms with Gasteiger partial charge >= 0.3 is 5.97 Å². The van der Waals surface area contributed by atoms with Gasteiger partial charge in [-0.1, -0.05) is 0 Å². The number of esters is 1. The SMILES string of the molecule is COC(=O)CC(C)S(=O)(=O)Cc1ncnn1C. The lowest BCUT2D eigenvalue weighted by Crippen LogP contribution is -2.24. The molecule has 1 rings (SSSR count). The molecule has 96 valence electrons. The molecule has 0 fully saturated rings. The molecule has 0 radical (unpaired) electrons. The molecule has 0 bridgehead atoms. The van der Waals surface area contributed by atoms with Gasteiger partial charge in [-0.3, -0.25) is 9.48 Å². The molecule has 0 amide bonds. The molecule has 1 atom stereocenters. The van der Waals surface area contributed by atoms with Crippen molar-refractivity contribution in [1.29, 1.82) is 0 Å². The first-order valence-electron chi connectivity index (χ1n) is 4.98. The summed E-state index contributed by atoms with van der Waals surface area (Å²) >= 11 is 0. The molecule has 0 spiro atoms. The lowest BCUT2D eigenvalue weighted by atomic mass is 10.3. The molecule has 1 unspecified atom stereocenters. The molecular weight excluding hydrogens is 246 g/mol. The van der Waals surface area contributed by atoms with Crippen LogP contribution in [-0.2, 0) is 32.2 Å². The number of sulfone groups is 1. The average Bonchev–Trinajstić information content (AvgIpc) is 2.63. The predicted octanol–water partition coefficient (Wildman–Crippen LogP) is -0.318. The zero-order valence-corrected chi connectivity index (χ0v) is 10.8. The molecular formula is C9H15N3O4S. The van der Waals surface area contributed by atoms with Crippen LogP contribution in [0.3, 0.4) is 0 Å². The maximum atomic E-state index is 11.9. The predicted molar refractivity (Wildman–Crippen MR) is 59.7 cm³/mol. The van der Waals surface area contributed by atoms with Gasteiger partial charge in [-0.05, 0) is 6.92 Å². The van der Waals surface area contributed by atoms with Crippen molar-refractivity contribution < 1.29 is 17.9 Å². The first kappa shape index (κ1) is 13.6. The summed E-state index contributed by atoms with van der Waals surface area (Å²) in [5, 5.41) is 2.99. The molecule has 8 heteroatoms. The maximum Gasteiger partial charge on any atom is 0.306 e. The molecule has 17 heavy (non-hydrogen) atoms. The highest BCUT2D eigenvalue weighted by atomic mass is 32.2. The van der Waals surface area contributed by atoms with E-state index in [1.54, 1.807) is 7.05 Å². The third-order valence-corrected chi connectivity index (χ3v) is 4.48. The van der Waals surface area contributed by atoms with E-state index in [0.717, 1.165) is 0 Å². The number of hydrogen-bond acceptors (Lipinski definition) is 6. The Morgan fingerprint density at radius 1 is 1.59 bits per heavy atom. The summed E-state index contributed by atoms with van der Waals surface area (Å²) in [6, 6.07) is 0. The number of rotatable bonds is 5. The van der Waals surface area contributed by atoms with Crippen LogP contribution in [0, 0.1) is 0 Å². The standard InChI is InChI=1S/C9H15N3O4S/c1-7(4-9(13)16-3)17(14,15)5-8-10-6-11-12(8)2/h6-7H,4-5H2,1-3H3. The summed E-state index contributed by atoms with van der Waals surface area (Å²) in [7, 11) is -0.595. The summed E-state index contributed by atoms with van der Waals surface area (Å²) in [4.78, 5) is 14.9. The van der Waals surface area contributed by atoms with Gasteiger partial charge in [0.1, 0.15) is 17.9 Å². The minimum Gasteiger partial charge on any atom is -0.469 e. The number of carbonyl (C=O) groups is 1. The first-order valence-corrected chi connectivity index (χ1v) is 6.69. The summed E-state index contributed by atoms with van der Waals surface area (Å²) < 4.78 is 29.7. The highest BCUT2D eigenvalue weighted by Gasteiger charge is 2.25. The zero-order chi connectivity index (χ0) is 13.1. The number of nitrogens with zero attached hydrogens (tertiary/aromatic N) is 3. The molecule has 0 N–H and O–H groups in total. The molecule has 0 aliphatic heterocycles. The third-order valence-electron chi connectivity index (χ3n) is 2.43. The second kappa shape index (κ2) is 5.26. The Hall–Kier alpha value is -1.44. The van der Waals surface area contributed by atoms with Crippen molar-refractivity contribution in [2.75, 3.05) is 7.11 Å². The Labute approximate surface area is 99.7 Å². The van der Waals surface area contributed by atoms with Gasteiger partial charge < -0.3 is 4.74 Å². The van der Waals surface area contributed by atoms with Gasteiger partial charge in [0, 0.05) is 7.05 Å². The van der Waals surface area contributed by atoms with Crippen LogP contribution < -0.4 is 0 Å². The topological polar surface area (TPSA) is 91.2 Å². The van der Waals surface area contributed by atoms with Crippen LogP contribution in [0.5, 0.6) is 0 Å². The van der Waals surface area contributed by atoms with Crippen LogP contribution in [0.15, 0.2) is 6.33 Å². The fourth-order valence-corrected chi connectivity index (χ4v) is 2.51. The Kier molecular flexibility index (Phi) is 4.22. The van der Waals surface area contributed by atoms with Crippen LogP contribution in [0.4, 0.5) is 0 Å². The van der Waals surface area contributed by atoms with E-state index in [1.807, 2.05) is 0 Å². The quantitative estimate of drug-likeness (QED) is 0.675. The molecule has 0 saturated heterocycles. The van der Waals surface area contributed by atoms with Crippen molar-refractivity contribution in [3.8, 4) is 0 Å². The van der Waals surface area contributed by atoms with Crippen LogP contribution in [-0.4, -0.2) is 41.5 Å². The van der Waals surface area contributed by atoms with Crippen molar-refractivity contribution in [2.45, 2.75) is 24.3 Å². The minimum absolute atomic E-state index is 0.156. The van der Waals surface area contributed by atoms with Gasteiger partial charge in [-0.15, -0.1) is 0 Å². The summed E-state index contributed by atoms with van der Waals surface area (Å²) in [6.07, 6.45) is 1.13. The lowest BCUT2D eigenvalue weighted by Gasteiger charge is -2.10. The van der Waals surface area contributed by atoms with Crippen molar-refractivity contribution in [3.63, 3.8) is 0 Å². The van der Waals surface area contributed by atoms with E-state index in [1.165, 1.54) is 25.0 Å². The van der Waals surface area contributed by atoms with E-state index in [-0.39, 0.29) is 12.2 Å². The number of hydrogen-bond donors (Lipinski definition) is 0. The van der Waals surface area contributed by atoms with Gasteiger partial charge in [0.05, 0.1) is 18.8 Å². The summed E-state index contributed by atoms with van der Waals surface area (Å²) in [5.74, 6) is -0.428. The van der Waals surface area contributed by atoms with Crippen LogP contribution in [0.25, 0.3) is 0 Å². The van der Waals surface area contributed by atoms with E-state index in [4.69, 9.17) is 0 Å². The van der Waals surface area contributed by atoms with E-state index < -0.39 is 21.1 Å². The monoisotopic (exact) mass is 261 g/mol. The van der Waals surface area contributed by atoms with Gasteiger partial charge in [0.15, 0.2) is 9.84 Å². The molecule has 0 aliphatic rings. The van der Waals surface area contributed by atoms with E-state index in [2.05, 4.69) is 14.8 Å². The van der Waals surface area contributed by atoms with Crippen LogP contribution >= 0.6 is 0 Å². The fourth-order valence-electron chi connectivity index (χ4n) is 1.22. The lowest BCUT2D eigenvalue weighted by molar-refractivity contribution is -0.140. The molecule has 1 aromatic heterocycles. The van der Waals surface area contributed by atoms with E-state index in [9.17, 15) is 13.2 Å². The molecule has 1 heterocycles. The summed E-state index contributed by atoms with van der Waals surface area (Å²) in [5.41, 5.74) is 0. The number of aromatic nitrogens is 3. The number of methoxy groups -OCH3 is 1. The Balaban J connectivity index is 2.75. The van der Waals surface area contributed by atoms with Crippen molar-refractivity contribution in [3.05, 3.63) is 12.2 Å². The Morgan fingerprint density at radius 3 is 2.71 bits per heavy atom. The largest absolute Gasteiger partial charge is 0.469 e. The Bertz CT molecular complexity index is 494. The first-order chi connectivity index (χ1) is 7.86. The van der Waals surface area contributed by atoms with Crippen LogP contribution in [0.2, 0.25) is 0 Å². The zero-order valence-electron chi connectivity index (χ0n) is 9.95.